The van der Waals surface area contributed by atoms with Crippen molar-refractivity contribution in [2.45, 2.75) is 48.5 Å². The highest BCUT2D eigenvalue weighted by Gasteiger charge is 1.80. The van der Waals surface area contributed by atoms with Gasteiger partial charge in [0.25, 0.3) is 0 Å². The van der Waals surface area contributed by atoms with E-state index in [0.29, 0.717) is 13.0 Å². The van der Waals surface area contributed by atoms with Gasteiger partial charge >= 0.3 is 0 Å². The molecule has 0 fully saturated rings. The summed E-state index contributed by atoms with van der Waals surface area (Å²) in [6.07, 6.45) is 8.69. The third-order valence-corrected chi connectivity index (χ3v) is 1.98. The number of hydrogen-bond acceptors (Lipinski definition) is 4. The van der Waals surface area contributed by atoms with Gasteiger partial charge in [0, 0.05) is 32.4 Å². The van der Waals surface area contributed by atoms with E-state index in [1.807, 2.05) is 60.6 Å². The van der Waals surface area contributed by atoms with Gasteiger partial charge in [0.05, 0.1) is 6.61 Å². The molecule has 0 aromatic heterocycles. The lowest BCUT2D eigenvalue weighted by atomic mass is 10.4. The second-order valence-corrected chi connectivity index (χ2v) is 4.42. The monoisotopic (exact) mass is 373 g/mol. The Morgan fingerprint density at radius 3 is 1.85 bits per heavy atom. The maximum Gasteiger partial charge on any atom is 0.207 e. The summed E-state index contributed by atoms with van der Waals surface area (Å²) >= 11 is 0. The predicted molar refractivity (Wildman–Crippen MR) is 120 cm³/mol. The minimum absolute atomic E-state index is 0.643. The van der Waals surface area contributed by atoms with Gasteiger partial charge in [0.1, 0.15) is 0 Å². The fourth-order valence-electron chi connectivity index (χ4n) is 0.972. The van der Waals surface area contributed by atoms with Crippen molar-refractivity contribution in [3.05, 3.63) is 36.6 Å². The van der Waals surface area contributed by atoms with Gasteiger partial charge in [-0.15, -0.1) is 0 Å². The Balaban J connectivity index is -0.0000000806. The number of amides is 1. The molecular weight excluding hydrogens is 326 g/mol. The van der Waals surface area contributed by atoms with Crippen molar-refractivity contribution in [3.8, 4) is 0 Å². The number of carbonyl (C=O) groups excluding carboxylic acids is 1. The van der Waals surface area contributed by atoms with E-state index in [0.717, 1.165) is 25.3 Å². The van der Waals surface area contributed by atoms with Gasteiger partial charge in [0.15, 0.2) is 0 Å². The first kappa shape index (κ1) is 35.5. The van der Waals surface area contributed by atoms with E-state index < -0.39 is 0 Å². The van der Waals surface area contributed by atoms with Crippen molar-refractivity contribution >= 4 is 6.41 Å². The van der Waals surface area contributed by atoms with Crippen LogP contribution in [0.25, 0.3) is 0 Å². The van der Waals surface area contributed by atoms with Gasteiger partial charge in [-0.2, -0.15) is 0 Å². The molecule has 0 saturated carbocycles. The van der Waals surface area contributed by atoms with Crippen molar-refractivity contribution in [2.75, 3.05) is 47.4 Å². The smallest absolute Gasteiger partial charge is 0.207 e. The number of hydrogen-bond donors (Lipinski definition) is 2. The molecule has 5 nitrogen and oxygen atoms in total. The van der Waals surface area contributed by atoms with Crippen molar-refractivity contribution < 1.29 is 9.53 Å². The fourth-order valence-corrected chi connectivity index (χ4v) is 0.972. The molecule has 5 heteroatoms. The lowest BCUT2D eigenvalue weighted by Gasteiger charge is -2.02. The van der Waals surface area contributed by atoms with E-state index in [2.05, 4.69) is 48.4 Å². The Labute approximate surface area is 164 Å². The number of methoxy groups -OCH3 is 1. The largest absolute Gasteiger partial charge is 0.386 e. The summed E-state index contributed by atoms with van der Waals surface area (Å²) in [6.45, 7) is 21.0. The van der Waals surface area contributed by atoms with Crippen LogP contribution in [0.2, 0.25) is 0 Å². The van der Waals surface area contributed by atoms with Crippen LogP contribution in [0.3, 0.4) is 0 Å². The molecule has 0 atom stereocenters. The highest BCUT2D eigenvalue weighted by Crippen LogP contribution is 1.85. The molecule has 0 radical (unpaired) electrons. The average molecular weight is 374 g/mol. The zero-order valence-corrected chi connectivity index (χ0v) is 19.2. The summed E-state index contributed by atoms with van der Waals surface area (Å²) in [6, 6.07) is 0. The van der Waals surface area contributed by atoms with E-state index in [1.54, 1.807) is 7.11 Å². The van der Waals surface area contributed by atoms with Crippen molar-refractivity contribution in [1.82, 2.24) is 15.5 Å². The van der Waals surface area contributed by atoms with Crippen LogP contribution in [0.15, 0.2) is 36.6 Å². The van der Waals surface area contributed by atoms with Crippen LogP contribution in [0.1, 0.15) is 48.5 Å². The van der Waals surface area contributed by atoms with Gasteiger partial charge in [-0.3, -0.25) is 4.79 Å². The van der Waals surface area contributed by atoms with E-state index in [4.69, 9.17) is 4.74 Å². The first-order valence-corrected chi connectivity index (χ1v) is 9.51. The van der Waals surface area contributed by atoms with Gasteiger partial charge in [0.2, 0.25) is 6.41 Å². The molecular formula is C21H47N3O2. The van der Waals surface area contributed by atoms with E-state index in [1.165, 1.54) is 0 Å². The molecule has 0 saturated heterocycles. The third kappa shape index (κ3) is 66.7. The molecule has 0 spiro atoms. The van der Waals surface area contributed by atoms with E-state index in [-0.39, 0.29) is 0 Å². The highest BCUT2D eigenvalue weighted by atomic mass is 16.5. The highest BCUT2D eigenvalue weighted by molar-refractivity contribution is 5.45. The molecule has 1 amide bonds. The number of likely N-dealkylation sites (N-methyl/N-ethyl adjacent to an activating group) is 2. The zero-order chi connectivity index (χ0) is 21.6. The number of nitrogens with zero attached hydrogens (tertiary/aromatic N) is 1. The summed E-state index contributed by atoms with van der Waals surface area (Å²) in [4.78, 5) is 11.4. The molecule has 0 unspecified atom stereocenters. The number of carbonyl (C=O) groups is 1. The van der Waals surface area contributed by atoms with Crippen LogP contribution in [0.5, 0.6) is 0 Å². The molecule has 0 aliphatic carbocycles. The van der Waals surface area contributed by atoms with E-state index in [9.17, 15) is 4.79 Å². The molecule has 0 aliphatic rings. The fraction of sp³-hybridized carbons (Fsp3) is 0.667. The Morgan fingerprint density at radius 2 is 1.62 bits per heavy atom. The maximum absolute atomic E-state index is 9.29. The van der Waals surface area contributed by atoms with E-state index >= 15 is 0 Å². The minimum atomic E-state index is 0.643. The maximum atomic E-state index is 9.29. The van der Waals surface area contributed by atoms with Crippen LogP contribution >= 0.6 is 0 Å². The van der Waals surface area contributed by atoms with Crippen molar-refractivity contribution in [2.24, 2.45) is 0 Å². The molecule has 158 valence electrons. The minimum Gasteiger partial charge on any atom is -0.386 e. The molecule has 0 aromatic carbocycles. The first-order valence-electron chi connectivity index (χ1n) is 9.51. The lowest BCUT2D eigenvalue weighted by molar-refractivity contribution is -0.109. The third-order valence-electron chi connectivity index (χ3n) is 1.98. The standard InChI is InChI=1S/C8H15NO.C6H13N.C3H7NO.2C2H6/c1-4-9-8(2)6-5-7-10-3;1-4-5-6-7(2)3;1-2-4-3-5;2*1-2/h5-6,9H,2,4,7H2,1,3H3;4-5H,6H2,1-3H3;3H,2H2,1H3,(H,4,5);2*1-2H3/b6-5+;5-4+;;;. The zero-order valence-electron chi connectivity index (χ0n) is 19.2. The second-order valence-electron chi connectivity index (χ2n) is 4.42. The molecule has 0 bridgehead atoms. The number of ether oxygens (including phenoxy) is 1. The number of allylic oxidation sites excluding steroid dienone is 2. The van der Waals surface area contributed by atoms with Gasteiger partial charge in [-0.1, -0.05) is 52.5 Å². The molecule has 26 heavy (non-hydrogen) atoms. The van der Waals surface area contributed by atoms with Gasteiger partial charge in [-0.05, 0) is 40.9 Å². The quantitative estimate of drug-likeness (QED) is 0.360. The molecule has 0 aliphatic heterocycles. The molecule has 2 N–H and O–H groups in total. The number of nitrogens with one attached hydrogen (secondary N) is 2. The first-order chi connectivity index (χ1) is 12.5. The van der Waals surface area contributed by atoms with Gasteiger partial charge in [-0.25, -0.2) is 0 Å². The Hall–Kier alpha value is -1.59. The van der Waals surface area contributed by atoms with Gasteiger partial charge < -0.3 is 20.3 Å². The van der Waals surface area contributed by atoms with Crippen LogP contribution in [0, 0.1) is 0 Å². The number of rotatable bonds is 9. The Morgan fingerprint density at radius 1 is 1.08 bits per heavy atom. The van der Waals surface area contributed by atoms with Crippen molar-refractivity contribution in [1.29, 1.82) is 0 Å². The van der Waals surface area contributed by atoms with Crippen LogP contribution in [-0.2, 0) is 9.53 Å². The Bertz CT molecular complexity index is 289. The SMILES string of the molecule is C/C=C/CN(C)C.C=C(/C=C/COC)NCC.CC.CC.CCNC=O. The topological polar surface area (TPSA) is 53.6 Å². The summed E-state index contributed by atoms with van der Waals surface area (Å²) in [5.41, 5.74) is 0.930. The molecule has 0 rings (SSSR count). The lowest BCUT2D eigenvalue weighted by Crippen LogP contribution is -2.10. The van der Waals surface area contributed by atoms with Crippen molar-refractivity contribution in [3.63, 3.8) is 0 Å². The summed E-state index contributed by atoms with van der Waals surface area (Å²) in [5.74, 6) is 0. The summed E-state index contributed by atoms with van der Waals surface area (Å²) in [5, 5.41) is 5.50. The second kappa shape index (κ2) is 43.7. The van der Waals surface area contributed by atoms with Crippen LogP contribution in [0.4, 0.5) is 0 Å². The predicted octanol–water partition coefficient (Wildman–Crippen LogP) is 4.24. The summed E-state index contributed by atoms with van der Waals surface area (Å²) in [7, 11) is 5.78. The normalized spacial score (nSPS) is 8.73. The average Bonchev–Trinajstić information content (AvgIpc) is 2.65. The van der Waals surface area contributed by atoms with Crippen LogP contribution in [-0.4, -0.2) is 58.8 Å². The Kier molecular flexibility index (Phi) is 59.6. The molecule has 0 aromatic rings. The summed E-state index contributed by atoms with van der Waals surface area (Å²) < 4.78 is 4.81. The van der Waals surface area contributed by atoms with Crippen LogP contribution < -0.4 is 10.6 Å². The molecule has 0 heterocycles.